The summed E-state index contributed by atoms with van der Waals surface area (Å²) in [5.41, 5.74) is 6.43. The monoisotopic (exact) mass is 274 g/mol. The van der Waals surface area contributed by atoms with E-state index in [0.717, 1.165) is 0 Å². The number of anilines is 2. The zero-order chi connectivity index (χ0) is 14.7. The van der Waals surface area contributed by atoms with Gasteiger partial charge in [-0.1, -0.05) is 32.0 Å². The second-order valence-corrected chi connectivity index (χ2v) is 5.11. The molecular weight excluding hydrogens is 255 g/mol. The van der Waals surface area contributed by atoms with E-state index in [1.54, 1.807) is 18.2 Å². The van der Waals surface area contributed by atoms with Crippen molar-refractivity contribution in [2.75, 3.05) is 17.7 Å². The van der Waals surface area contributed by atoms with Gasteiger partial charge in [-0.15, -0.1) is 0 Å². The number of aromatic nitrogens is 2. The normalized spacial score (nSPS) is 10.8. The Morgan fingerprint density at radius 2 is 1.95 bits per heavy atom. The van der Waals surface area contributed by atoms with Gasteiger partial charge in [0.2, 0.25) is 0 Å². The molecule has 0 unspecified atom stereocenters. The number of halogens is 1. The van der Waals surface area contributed by atoms with Gasteiger partial charge < -0.3 is 10.6 Å². The second-order valence-electron chi connectivity index (χ2n) is 5.11. The van der Waals surface area contributed by atoms with Gasteiger partial charge in [-0.05, 0) is 6.07 Å². The molecule has 4 nitrogen and oxygen atoms in total. The maximum atomic E-state index is 13.7. The summed E-state index contributed by atoms with van der Waals surface area (Å²) in [4.78, 5) is 10.5. The lowest BCUT2D eigenvalue weighted by atomic mass is 10.2. The molecule has 0 aliphatic heterocycles. The molecule has 106 valence electrons. The van der Waals surface area contributed by atoms with E-state index in [0.29, 0.717) is 29.6 Å². The van der Waals surface area contributed by atoms with E-state index in [1.165, 1.54) is 6.07 Å². The van der Waals surface area contributed by atoms with Crippen LogP contribution in [-0.2, 0) is 6.54 Å². The minimum absolute atomic E-state index is 0.194. The molecule has 0 saturated carbocycles. The third-order valence-electron chi connectivity index (χ3n) is 3.02. The summed E-state index contributed by atoms with van der Waals surface area (Å²) in [5.74, 6) is 1.80. The quantitative estimate of drug-likeness (QED) is 0.931. The molecule has 2 aromatic rings. The van der Waals surface area contributed by atoms with Gasteiger partial charge in [0.15, 0.2) is 0 Å². The maximum absolute atomic E-state index is 13.7. The van der Waals surface area contributed by atoms with Crippen LogP contribution >= 0.6 is 0 Å². The van der Waals surface area contributed by atoms with E-state index < -0.39 is 0 Å². The Morgan fingerprint density at radius 3 is 2.60 bits per heavy atom. The van der Waals surface area contributed by atoms with Crippen molar-refractivity contribution in [1.29, 1.82) is 0 Å². The summed E-state index contributed by atoms with van der Waals surface area (Å²) in [6, 6.07) is 8.42. The van der Waals surface area contributed by atoms with Crippen LogP contribution in [0.25, 0.3) is 0 Å². The van der Waals surface area contributed by atoms with Crippen LogP contribution in [0, 0.1) is 5.82 Å². The highest BCUT2D eigenvalue weighted by atomic mass is 19.1. The molecule has 0 amide bonds. The number of nitrogens with zero attached hydrogens (tertiary/aromatic N) is 3. The molecule has 0 bridgehead atoms. The average molecular weight is 274 g/mol. The van der Waals surface area contributed by atoms with Gasteiger partial charge >= 0.3 is 0 Å². The molecule has 0 radical (unpaired) electrons. The van der Waals surface area contributed by atoms with E-state index in [2.05, 4.69) is 9.97 Å². The van der Waals surface area contributed by atoms with Crippen molar-refractivity contribution >= 4 is 11.6 Å². The van der Waals surface area contributed by atoms with Crippen molar-refractivity contribution in [3.8, 4) is 0 Å². The topological polar surface area (TPSA) is 55.0 Å². The van der Waals surface area contributed by atoms with Gasteiger partial charge in [0.1, 0.15) is 23.3 Å². The largest absolute Gasteiger partial charge is 0.384 e. The summed E-state index contributed by atoms with van der Waals surface area (Å²) >= 11 is 0. The first kappa shape index (κ1) is 14.2. The molecule has 1 aromatic carbocycles. The molecule has 5 heteroatoms. The molecule has 0 fully saturated rings. The van der Waals surface area contributed by atoms with Gasteiger partial charge in [0.05, 0.1) is 0 Å². The predicted octanol–water partition coefficient (Wildman–Crippen LogP) is 2.96. The second kappa shape index (κ2) is 5.86. The Hall–Kier alpha value is -2.17. The van der Waals surface area contributed by atoms with Crippen LogP contribution in [0.3, 0.4) is 0 Å². The first-order valence-electron chi connectivity index (χ1n) is 6.56. The molecule has 1 heterocycles. The van der Waals surface area contributed by atoms with Crippen molar-refractivity contribution in [1.82, 2.24) is 9.97 Å². The van der Waals surface area contributed by atoms with Crippen LogP contribution in [0.2, 0.25) is 0 Å². The fourth-order valence-electron chi connectivity index (χ4n) is 1.89. The predicted molar refractivity (Wildman–Crippen MR) is 79.0 cm³/mol. The summed E-state index contributed by atoms with van der Waals surface area (Å²) in [5, 5.41) is 0. The number of hydrogen-bond acceptors (Lipinski definition) is 4. The Bertz CT molecular complexity index is 598. The Kier molecular flexibility index (Phi) is 4.17. The van der Waals surface area contributed by atoms with Gasteiger partial charge in [0.25, 0.3) is 0 Å². The molecular formula is C15H19FN4. The number of rotatable bonds is 4. The third kappa shape index (κ3) is 3.23. The van der Waals surface area contributed by atoms with Crippen molar-refractivity contribution in [3.63, 3.8) is 0 Å². The number of nitrogens with two attached hydrogens (primary N) is 1. The Balaban J connectivity index is 2.25. The van der Waals surface area contributed by atoms with Crippen LogP contribution in [0.5, 0.6) is 0 Å². The fourth-order valence-corrected chi connectivity index (χ4v) is 1.89. The highest BCUT2D eigenvalue weighted by Crippen LogP contribution is 2.19. The van der Waals surface area contributed by atoms with Crippen molar-refractivity contribution in [2.24, 2.45) is 0 Å². The van der Waals surface area contributed by atoms with Crippen LogP contribution in [0.1, 0.15) is 31.2 Å². The maximum Gasteiger partial charge on any atom is 0.135 e. The Morgan fingerprint density at radius 1 is 1.25 bits per heavy atom. The summed E-state index contributed by atoms with van der Waals surface area (Å²) in [7, 11) is 1.86. The zero-order valence-electron chi connectivity index (χ0n) is 12.0. The lowest BCUT2D eigenvalue weighted by Crippen LogP contribution is -2.20. The third-order valence-corrected chi connectivity index (χ3v) is 3.02. The molecule has 0 atom stereocenters. The average Bonchev–Trinajstić information content (AvgIpc) is 2.40. The molecule has 0 aliphatic rings. The Labute approximate surface area is 118 Å². The lowest BCUT2D eigenvalue weighted by Gasteiger charge is -2.20. The summed E-state index contributed by atoms with van der Waals surface area (Å²) in [6.45, 7) is 4.45. The standard InChI is InChI=1S/C15H19FN4/c1-10(2)15-18-13(17)8-14(19-15)20(3)9-11-6-4-5-7-12(11)16/h4-8,10H,9H2,1-3H3,(H2,17,18,19). The van der Waals surface area contributed by atoms with Gasteiger partial charge in [-0.2, -0.15) is 0 Å². The van der Waals surface area contributed by atoms with Crippen LogP contribution in [-0.4, -0.2) is 17.0 Å². The lowest BCUT2D eigenvalue weighted by molar-refractivity contribution is 0.607. The van der Waals surface area contributed by atoms with Crippen LogP contribution in [0.15, 0.2) is 30.3 Å². The smallest absolute Gasteiger partial charge is 0.135 e. The van der Waals surface area contributed by atoms with Gasteiger partial charge in [0, 0.05) is 31.1 Å². The SMILES string of the molecule is CC(C)c1nc(N)cc(N(C)Cc2ccccc2F)n1. The molecule has 0 aliphatic carbocycles. The molecule has 20 heavy (non-hydrogen) atoms. The van der Waals surface area contributed by atoms with E-state index in [1.807, 2.05) is 31.9 Å². The number of hydrogen-bond donors (Lipinski definition) is 1. The molecule has 2 rings (SSSR count). The van der Waals surface area contributed by atoms with Crippen molar-refractivity contribution < 1.29 is 4.39 Å². The van der Waals surface area contributed by atoms with E-state index >= 15 is 0 Å². The van der Waals surface area contributed by atoms with Gasteiger partial charge in [-0.25, -0.2) is 14.4 Å². The summed E-state index contributed by atoms with van der Waals surface area (Å²) < 4.78 is 13.7. The van der Waals surface area contributed by atoms with E-state index in [4.69, 9.17) is 5.73 Å². The van der Waals surface area contributed by atoms with Crippen molar-refractivity contribution in [2.45, 2.75) is 26.3 Å². The molecule has 0 spiro atoms. The molecule has 2 N–H and O–H groups in total. The number of benzene rings is 1. The van der Waals surface area contributed by atoms with E-state index in [-0.39, 0.29) is 11.7 Å². The first-order valence-corrected chi connectivity index (χ1v) is 6.56. The molecule has 1 aromatic heterocycles. The highest BCUT2D eigenvalue weighted by Gasteiger charge is 2.11. The van der Waals surface area contributed by atoms with Crippen molar-refractivity contribution in [3.05, 3.63) is 47.5 Å². The highest BCUT2D eigenvalue weighted by molar-refractivity contribution is 5.47. The fraction of sp³-hybridized carbons (Fsp3) is 0.333. The minimum atomic E-state index is -0.217. The van der Waals surface area contributed by atoms with Crippen LogP contribution in [0.4, 0.5) is 16.0 Å². The van der Waals surface area contributed by atoms with Gasteiger partial charge in [-0.3, -0.25) is 0 Å². The van der Waals surface area contributed by atoms with E-state index in [9.17, 15) is 4.39 Å². The zero-order valence-corrected chi connectivity index (χ0v) is 12.0. The number of nitrogen functional groups attached to an aromatic ring is 1. The first-order chi connectivity index (χ1) is 9.47. The minimum Gasteiger partial charge on any atom is -0.384 e. The molecule has 0 saturated heterocycles. The van der Waals surface area contributed by atoms with Crippen LogP contribution < -0.4 is 10.6 Å². The summed E-state index contributed by atoms with van der Waals surface area (Å²) in [6.07, 6.45) is 0.